The molecule has 1 aromatic heterocycles. The predicted molar refractivity (Wildman–Crippen MR) is 96.9 cm³/mol. The summed E-state index contributed by atoms with van der Waals surface area (Å²) in [5.74, 6) is -0.0632. The van der Waals surface area contributed by atoms with Gasteiger partial charge in [-0.05, 0) is 58.2 Å². The zero-order valence-electron chi connectivity index (χ0n) is 14.5. The number of carbonyl (C=O) groups excluding carboxylic acids is 1. The van der Waals surface area contributed by atoms with E-state index in [9.17, 15) is 9.90 Å². The number of aryl methyl sites for hydroxylation is 1. The molecule has 132 valence electrons. The summed E-state index contributed by atoms with van der Waals surface area (Å²) in [5, 5.41) is 13.8. The maximum absolute atomic E-state index is 12.5. The van der Waals surface area contributed by atoms with Gasteiger partial charge in [-0.1, -0.05) is 0 Å². The molecule has 0 spiro atoms. The summed E-state index contributed by atoms with van der Waals surface area (Å²) in [6.45, 7) is 4.11. The summed E-state index contributed by atoms with van der Waals surface area (Å²) in [4.78, 5) is 20.9. The number of likely N-dealkylation sites (tertiary alicyclic amines) is 1. The molecule has 3 atom stereocenters. The minimum absolute atomic E-state index is 0.0632. The average Bonchev–Trinajstić information content (AvgIpc) is 3.24. The Labute approximate surface area is 148 Å². The van der Waals surface area contributed by atoms with Crippen LogP contribution >= 0.6 is 11.3 Å². The van der Waals surface area contributed by atoms with E-state index >= 15 is 0 Å². The van der Waals surface area contributed by atoms with E-state index in [0.717, 1.165) is 43.1 Å². The van der Waals surface area contributed by atoms with Crippen LogP contribution in [0.1, 0.15) is 42.8 Å². The lowest BCUT2D eigenvalue weighted by molar-refractivity contribution is -0.131. The van der Waals surface area contributed by atoms with Crippen LogP contribution < -0.4 is 0 Å². The quantitative estimate of drug-likeness (QED) is 0.848. The first-order valence-electron chi connectivity index (χ1n) is 8.85. The summed E-state index contributed by atoms with van der Waals surface area (Å²) in [6, 6.07) is 0.102. The molecular formula is C18H27N3O2S. The van der Waals surface area contributed by atoms with Crippen molar-refractivity contribution in [2.45, 2.75) is 57.2 Å². The van der Waals surface area contributed by atoms with Gasteiger partial charge in [0.2, 0.25) is 5.91 Å². The van der Waals surface area contributed by atoms with Gasteiger partial charge in [0.1, 0.15) is 0 Å². The molecule has 3 rings (SSSR count). The lowest BCUT2D eigenvalue weighted by Crippen LogP contribution is -2.56. The van der Waals surface area contributed by atoms with Crippen molar-refractivity contribution in [1.82, 2.24) is 14.8 Å². The Morgan fingerprint density at radius 1 is 1.38 bits per heavy atom. The lowest BCUT2D eigenvalue weighted by atomic mass is 9.86. The first-order chi connectivity index (χ1) is 11.6. The zero-order chi connectivity index (χ0) is 17.1. The van der Waals surface area contributed by atoms with Gasteiger partial charge in [0.05, 0.1) is 22.8 Å². The molecule has 1 aliphatic heterocycles. The zero-order valence-corrected chi connectivity index (χ0v) is 15.3. The number of nitrogens with zero attached hydrogens (tertiary/aromatic N) is 3. The second kappa shape index (κ2) is 7.76. The highest BCUT2D eigenvalue weighted by Gasteiger charge is 2.38. The van der Waals surface area contributed by atoms with Crippen LogP contribution in [0, 0.1) is 6.92 Å². The van der Waals surface area contributed by atoms with Crippen LogP contribution in [0.25, 0.3) is 6.08 Å². The van der Waals surface area contributed by atoms with Crippen molar-refractivity contribution in [3.8, 4) is 0 Å². The largest absolute Gasteiger partial charge is 0.389 e. The molecule has 0 aromatic carbocycles. The van der Waals surface area contributed by atoms with E-state index in [1.165, 1.54) is 12.8 Å². The van der Waals surface area contributed by atoms with Crippen LogP contribution in [0.5, 0.6) is 0 Å². The van der Waals surface area contributed by atoms with Gasteiger partial charge in [-0.2, -0.15) is 0 Å². The van der Waals surface area contributed by atoms with Crippen LogP contribution in [0.4, 0.5) is 0 Å². The summed E-state index contributed by atoms with van der Waals surface area (Å²) in [6.07, 6.45) is 8.29. The molecule has 5 nitrogen and oxygen atoms in total. The minimum Gasteiger partial charge on any atom is -0.389 e. The van der Waals surface area contributed by atoms with E-state index in [4.69, 9.17) is 0 Å². The van der Waals surface area contributed by atoms with E-state index in [2.05, 4.69) is 9.88 Å². The fourth-order valence-corrected chi connectivity index (χ4v) is 4.50. The molecular weight excluding hydrogens is 322 g/mol. The SMILES string of the molecule is Cc1nc(/C=C/C(=O)N(C)[C@@H]2CCC[C@@H](N3CCCC3)[C@@H]2O)cs1. The summed E-state index contributed by atoms with van der Waals surface area (Å²) in [7, 11) is 1.80. The molecule has 24 heavy (non-hydrogen) atoms. The Kier molecular flexibility index (Phi) is 5.69. The summed E-state index contributed by atoms with van der Waals surface area (Å²) in [5.41, 5.74) is 0.818. The van der Waals surface area contributed by atoms with Crippen molar-refractivity contribution in [2.75, 3.05) is 20.1 Å². The Hall–Kier alpha value is -1.24. The molecule has 2 heterocycles. The van der Waals surface area contributed by atoms with E-state index in [0.29, 0.717) is 0 Å². The van der Waals surface area contributed by atoms with Gasteiger partial charge in [0, 0.05) is 24.5 Å². The first kappa shape index (κ1) is 17.6. The fourth-order valence-electron chi connectivity index (χ4n) is 3.92. The van der Waals surface area contributed by atoms with Crippen LogP contribution in [0.15, 0.2) is 11.5 Å². The number of thiazole rings is 1. The van der Waals surface area contributed by atoms with E-state index in [-0.39, 0.29) is 18.0 Å². The summed E-state index contributed by atoms with van der Waals surface area (Å²) >= 11 is 1.57. The van der Waals surface area contributed by atoms with Crippen molar-refractivity contribution in [2.24, 2.45) is 0 Å². The van der Waals surface area contributed by atoms with Gasteiger partial charge in [-0.3, -0.25) is 9.69 Å². The molecule has 1 saturated carbocycles. The van der Waals surface area contributed by atoms with Crippen molar-refractivity contribution in [3.05, 3.63) is 22.2 Å². The minimum atomic E-state index is -0.458. The highest BCUT2D eigenvalue weighted by Crippen LogP contribution is 2.29. The number of aliphatic hydroxyl groups is 1. The molecule has 0 radical (unpaired) electrons. The number of amides is 1. The Morgan fingerprint density at radius 2 is 2.12 bits per heavy atom. The molecule has 0 bridgehead atoms. The Morgan fingerprint density at radius 3 is 2.79 bits per heavy atom. The predicted octanol–water partition coefficient (Wildman–Crippen LogP) is 2.30. The average molecular weight is 350 g/mol. The van der Waals surface area contributed by atoms with Crippen LogP contribution in [0.2, 0.25) is 0 Å². The number of aromatic nitrogens is 1. The normalized spacial score (nSPS) is 28.5. The summed E-state index contributed by atoms with van der Waals surface area (Å²) < 4.78 is 0. The highest BCUT2D eigenvalue weighted by atomic mass is 32.1. The van der Waals surface area contributed by atoms with Crippen molar-refractivity contribution in [1.29, 1.82) is 0 Å². The van der Waals surface area contributed by atoms with Crippen molar-refractivity contribution in [3.63, 3.8) is 0 Å². The maximum atomic E-state index is 12.5. The Balaban J connectivity index is 1.63. The smallest absolute Gasteiger partial charge is 0.246 e. The standard InChI is InChI=1S/C18H27N3O2S/c1-13-19-14(12-24-13)8-9-17(22)20(2)15-6-5-7-16(18(15)23)21-10-3-4-11-21/h8-9,12,15-16,18,23H,3-7,10-11H2,1-2H3/b9-8+/t15-,16-,18-/m1/s1. The maximum Gasteiger partial charge on any atom is 0.246 e. The first-order valence-corrected chi connectivity index (χ1v) is 9.73. The molecule has 1 aliphatic carbocycles. The van der Waals surface area contributed by atoms with Gasteiger partial charge < -0.3 is 10.0 Å². The number of likely N-dealkylation sites (N-methyl/N-ethyl adjacent to an activating group) is 1. The molecule has 1 saturated heterocycles. The molecule has 1 amide bonds. The van der Waals surface area contributed by atoms with E-state index in [1.54, 1.807) is 35.4 Å². The van der Waals surface area contributed by atoms with Gasteiger partial charge in [-0.25, -0.2) is 4.98 Å². The monoisotopic (exact) mass is 349 g/mol. The molecule has 2 aliphatic rings. The third-order valence-electron chi connectivity index (χ3n) is 5.28. The molecule has 0 unspecified atom stereocenters. The molecule has 6 heteroatoms. The number of hydrogen-bond acceptors (Lipinski definition) is 5. The topological polar surface area (TPSA) is 56.7 Å². The molecule has 1 aromatic rings. The van der Waals surface area contributed by atoms with Crippen LogP contribution in [-0.2, 0) is 4.79 Å². The van der Waals surface area contributed by atoms with Gasteiger partial charge in [0.15, 0.2) is 0 Å². The van der Waals surface area contributed by atoms with Gasteiger partial charge >= 0.3 is 0 Å². The molecule has 1 N–H and O–H groups in total. The lowest BCUT2D eigenvalue weighted by Gasteiger charge is -2.43. The third kappa shape index (κ3) is 3.87. The Bertz CT molecular complexity index is 595. The van der Waals surface area contributed by atoms with E-state index in [1.807, 2.05) is 12.3 Å². The number of aliphatic hydroxyl groups excluding tert-OH is 1. The fraction of sp³-hybridized carbons (Fsp3) is 0.667. The number of carbonyl (C=O) groups is 1. The van der Waals surface area contributed by atoms with Crippen molar-refractivity contribution >= 4 is 23.3 Å². The number of rotatable bonds is 4. The second-order valence-electron chi connectivity index (χ2n) is 6.87. The van der Waals surface area contributed by atoms with Crippen LogP contribution in [-0.4, -0.2) is 64.1 Å². The van der Waals surface area contributed by atoms with Crippen molar-refractivity contribution < 1.29 is 9.90 Å². The highest BCUT2D eigenvalue weighted by molar-refractivity contribution is 7.09. The van der Waals surface area contributed by atoms with Crippen LogP contribution in [0.3, 0.4) is 0 Å². The second-order valence-corrected chi connectivity index (χ2v) is 7.94. The third-order valence-corrected chi connectivity index (χ3v) is 6.07. The van der Waals surface area contributed by atoms with Gasteiger partial charge in [0.25, 0.3) is 0 Å². The van der Waals surface area contributed by atoms with Gasteiger partial charge in [-0.15, -0.1) is 11.3 Å². The van der Waals surface area contributed by atoms with E-state index < -0.39 is 6.10 Å². The number of hydrogen-bond donors (Lipinski definition) is 1. The molecule has 2 fully saturated rings.